The smallest absolute Gasteiger partial charge is 0.377 e. The topological polar surface area (TPSA) is 66.8 Å². The van der Waals surface area contributed by atoms with Crippen molar-refractivity contribution in [2.24, 2.45) is 0 Å². The van der Waals surface area contributed by atoms with E-state index in [9.17, 15) is 18.7 Å². The Bertz CT molecular complexity index is 403. The van der Waals surface area contributed by atoms with E-state index in [1.54, 1.807) is 0 Å². The molecule has 1 aromatic carbocycles. The molecule has 4 nitrogen and oxygen atoms in total. The molecule has 1 atom stereocenters. The van der Waals surface area contributed by atoms with E-state index in [4.69, 9.17) is 9.84 Å². The van der Waals surface area contributed by atoms with Gasteiger partial charge in [0.15, 0.2) is 6.10 Å². The van der Waals surface area contributed by atoms with Crippen LogP contribution in [-0.2, 0) is 4.79 Å². The summed E-state index contributed by atoms with van der Waals surface area (Å²) in [7, 11) is 0. The summed E-state index contributed by atoms with van der Waals surface area (Å²) in [5.74, 6) is -6.10. The van der Waals surface area contributed by atoms with Crippen LogP contribution in [0, 0.1) is 0 Å². The number of aliphatic carboxylic acids is 1. The number of alkyl halides is 2. The van der Waals surface area contributed by atoms with Gasteiger partial charge in [-0.15, -0.1) is 0 Å². The van der Waals surface area contributed by atoms with Crippen LogP contribution in [0.25, 0.3) is 0 Å². The van der Waals surface area contributed by atoms with Gasteiger partial charge in [-0.2, -0.15) is 8.78 Å². The minimum Gasteiger partial charge on any atom is -0.494 e. The van der Waals surface area contributed by atoms with Gasteiger partial charge in [0.1, 0.15) is 5.75 Å². The third-order valence-corrected chi connectivity index (χ3v) is 2.30. The second-order valence-corrected chi connectivity index (χ2v) is 3.75. The normalized spacial score (nSPS) is 13.1. The average molecular weight is 260 g/mol. The van der Waals surface area contributed by atoms with Gasteiger partial charge in [-0.05, 0) is 24.1 Å². The Kier molecular flexibility index (Phi) is 4.61. The first kappa shape index (κ1) is 14.4. The summed E-state index contributed by atoms with van der Waals surface area (Å²) in [4.78, 5) is 10.3. The highest BCUT2D eigenvalue weighted by Crippen LogP contribution is 2.32. The molecule has 0 heterocycles. The number of hydrogen-bond acceptors (Lipinski definition) is 3. The molecular weight excluding hydrogens is 246 g/mol. The lowest BCUT2D eigenvalue weighted by Gasteiger charge is -2.18. The summed E-state index contributed by atoms with van der Waals surface area (Å²) < 4.78 is 31.3. The maximum absolute atomic E-state index is 13.0. The number of aliphatic hydroxyl groups excluding tert-OH is 1. The monoisotopic (exact) mass is 260 g/mol. The van der Waals surface area contributed by atoms with Crippen molar-refractivity contribution in [2.45, 2.75) is 25.4 Å². The van der Waals surface area contributed by atoms with Crippen LogP contribution < -0.4 is 4.74 Å². The lowest BCUT2D eigenvalue weighted by atomic mass is 10.0. The fourth-order valence-corrected chi connectivity index (χ4v) is 1.29. The van der Waals surface area contributed by atoms with Crippen molar-refractivity contribution in [1.82, 2.24) is 0 Å². The van der Waals surface area contributed by atoms with Gasteiger partial charge in [-0.3, -0.25) is 0 Å². The highest BCUT2D eigenvalue weighted by Gasteiger charge is 2.47. The quantitative estimate of drug-likeness (QED) is 0.823. The second-order valence-electron chi connectivity index (χ2n) is 3.75. The lowest BCUT2D eigenvalue weighted by molar-refractivity contribution is -0.182. The molecule has 0 amide bonds. The predicted octanol–water partition coefficient (Wildman–Crippen LogP) is 2.23. The van der Waals surface area contributed by atoms with Gasteiger partial charge in [0.05, 0.1) is 6.61 Å². The van der Waals surface area contributed by atoms with Crippen LogP contribution in [0.3, 0.4) is 0 Å². The molecule has 0 aliphatic heterocycles. The molecule has 0 spiro atoms. The molecule has 6 heteroatoms. The maximum Gasteiger partial charge on any atom is 0.377 e. The standard InChI is InChI=1S/C12H14F2O4/c1-2-7-18-9-5-3-8(4-6-9)10(15)12(13,14)11(16)17/h3-6,10,15H,2,7H2,1H3,(H,16,17). The zero-order chi connectivity index (χ0) is 13.8. The van der Waals surface area contributed by atoms with Crippen LogP contribution in [0.4, 0.5) is 8.78 Å². The van der Waals surface area contributed by atoms with Gasteiger partial charge in [-0.1, -0.05) is 19.1 Å². The molecule has 0 radical (unpaired) electrons. The van der Waals surface area contributed by atoms with Crippen LogP contribution in [0.2, 0.25) is 0 Å². The average Bonchev–Trinajstić information content (AvgIpc) is 2.35. The zero-order valence-electron chi connectivity index (χ0n) is 9.77. The number of halogens is 2. The van der Waals surface area contributed by atoms with E-state index < -0.39 is 18.0 Å². The van der Waals surface area contributed by atoms with Crippen molar-refractivity contribution in [3.63, 3.8) is 0 Å². The fourth-order valence-electron chi connectivity index (χ4n) is 1.29. The number of carboxylic acid groups (broad SMARTS) is 1. The van der Waals surface area contributed by atoms with Crippen LogP contribution in [0.5, 0.6) is 5.75 Å². The van der Waals surface area contributed by atoms with Gasteiger partial charge in [-0.25, -0.2) is 4.79 Å². The Labute approximate surface area is 103 Å². The van der Waals surface area contributed by atoms with Gasteiger partial charge in [0, 0.05) is 0 Å². The molecule has 18 heavy (non-hydrogen) atoms. The SMILES string of the molecule is CCCOc1ccc(C(O)C(F)(F)C(=O)O)cc1. The first-order valence-electron chi connectivity index (χ1n) is 5.41. The molecule has 0 fully saturated rings. The lowest BCUT2D eigenvalue weighted by Crippen LogP contribution is -2.35. The summed E-state index contributed by atoms with van der Waals surface area (Å²) in [6.07, 6.45) is -1.57. The number of ether oxygens (including phenoxy) is 1. The van der Waals surface area contributed by atoms with E-state index in [-0.39, 0.29) is 5.56 Å². The molecule has 0 saturated carbocycles. The maximum atomic E-state index is 13.0. The van der Waals surface area contributed by atoms with E-state index >= 15 is 0 Å². The van der Waals surface area contributed by atoms with E-state index in [2.05, 4.69) is 0 Å². The highest BCUT2D eigenvalue weighted by atomic mass is 19.3. The minimum atomic E-state index is -4.22. The van der Waals surface area contributed by atoms with E-state index in [1.807, 2.05) is 6.92 Å². The fraction of sp³-hybridized carbons (Fsp3) is 0.417. The predicted molar refractivity (Wildman–Crippen MR) is 59.8 cm³/mol. The van der Waals surface area contributed by atoms with Crippen molar-refractivity contribution in [1.29, 1.82) is 0 Å². The Morgan fingerprint density at radius 2 is 1.94 bits per heavy atom. The molecule has 0 aliphatic rings. The molecule has 0 aliphatic carbocycles. The Morgan fingerprint density at radius 1 is 1.39 bits per heavy atom. The molecule has 1 unspecified atom stereocenters. The van der Waals surface area contributed by atoms with E-state index in [0.29, 0.717) is 12.4 Å². The Hall–Kier alpha value is -1.69. The molecule has 1 aromatic rings. The van der Waals surface area contributed by atoms with Gasteiger partial charge >= 0.3 is 11.9 Å². The van der Waals surface area contributed by atoms with Crippen molar-refractivity contribution >= 4 is 5.97 Å². The van der Waals surface area contributed by atoms with Crippen molar-refractivity contribution in [3.8, 4) is 5.75 Å². The van der Waals surface area contributed by atoms with Crippen LogP contribution in [-0.4, -0.2) is 28.7 Å². The Morgan fingerprint density at radius 3 is 2.39 bits per heavy atom. The van der Waals surface area contributed by atoms with Crippen molar-refractivity contribution < 1.29 is 28.5 Å². The number of benzene rings is 1. The van der Waals surface area contributed by atoms with Crippen LogP contribution in [0.1, 0.15) is 25.0 Å². The number of carbonyl (C=O) groups is 1. The van der Waals surface area contributed by atoms with Crippen LogP contribution >= 0.6 is 0 Å². The third kappa shape index (κ3) is 3.16. The minimum absolute atomic E-state index is 0.175. The van der Waals surface area contributed by atoms with E-state index in [0.717, 1.165) is 6.42 Å². The summed E-state index contributed by atoms with van der Waals surface area (Å²) >= 11 is 0. The molecule has 1 rings (SSSR count). The molecule has 0 aromatic heterocycles. The number of carboxylic acids is 1. The zero-order valence-corrected chi connectivity index (χ0v) is 9.77. The molecular formula is C12H14F2O4. The highest BCUT2D eigenvalue weighted by molar-refractivity contribution is 5.76. The number of aliphatic hydroxyl groups is 1. The Balaban J connectivity index is 2.82. The van der Waals surface area contributed by atoms with Gasteiger partial charge in [0.25, 0.3) is 0 Å². The van der Waals surface area contributed by atoms with Gasteiger partial charge in [0.2, 0.25) is 0 Å². The molecule has 2 N–H and O–H groups in total. The first-order valence-corrected chi connectivity index (χ1v) is 5.41. The number of rotatable bonds is 6. The van der Waals surface area contributed by atoms with Gasteiger partial charge < -0.3 is 14.9 Å². The summed E-state index contributed by atoms with van der Waals surface area (Å²) in [5.41, 5.74) is -0.175. The first-order chi connectivity index (χ1) is 8.39. The van der Waals surface area contributed by atoms with Crippen molar-refractivity contribution in [3.05, 3.63) is 29.8 Å². The van der Waals surface area contributed by atoms with Crippen molar-refractivity contribution in [2.75, 3.05) is 6.61 Å². The molecule has 0 saturated heterocycles. The van der Waals surface area contributed by atoms with E-state index in [1.165, 1.54) is 24.3 Å². The summed E-state index contributed by atoms with van der Waals surface area (Å²) in [6, 6.07) is 5.25. The third-order valence-electron chi connectivity index (χ3n) is 2.30. The second kappa shape index (κ2) is 5.77. The number of hydrogen-bond donors (Lipinski definition) is 2. The molecule has 100 valence electrons. The van der Waals surface area contributed by atoms with Crippen LogP contribution in [0.15, 0.2) is 24.3 Å². The largest absolute Gasteiger partial charge is 0.494 e. The summed E-state index contributed by atoms with van der Waals surface area (Å²) in [6.45, 7) is 2.42. The molecule has 0 bridgehead atoms. The summed E-state index contributed by atoms with van der Waals surface area (Å²) in [5, 5.41) is 17.6.